The number of aromatic nitrogens is 2. The number of rotatable bonds is 5. The first-order valence-electron chi connectivity index (χ1n) is 8.91. The van der Waals surface area contributed by atoms with Crippen LogP contribution in [0, 0.1) is 19.7 Å². The van der Waals surface area contributed by atoms with Gasteiger partial charge in [-0.25, -0.2) is 4.39 Å². The van der Waals surface area contributed by atoms with Crippen molar-refractivity contribution in [3.63, 3.8) is 0 Å². The molecule has 1 fully saturated rings. The number of aryl methyl sites for hydroxylation is 2. The molecule has 140 valence electrons. The molecule has 1 atom stereocenters. The molecule has 1 unspecified atom stereocenters. The second-order valence-corrected chi connectivity index (χ2v) is 6.56. The summed E-state index contributed by atoms with van der Waals surface area (Å²) in [7, 11) is 0. The van der Waals surface area contributed by atoms with Crippen LogP contribution in [-0.2, 0) is 16.1 Å². The van der Waals surface area contributed by atoms with E-state index in [9.17, 15) is 9.18 Å². The Bertz CT molecular complexity index is 773. The summed E-state index contributed by atoms with van der Waals surface area (Å²) in [6, 6.07) is 6.33. The molecule has 7 heteroatoms. The molecule has 1 saturated heterocycles. The molecule has 1 aromatic carbocycles. The molecule has 0 aliphatic carbocycles. The Labute approximate surface area is 152 Å². The molecule has 0 spiro atoms. The summed E-state index contributed by atoms with van der Waals surface area (Å²) in [6.45, 7) is 8.77. The van der Waals surface area contributed by atoms with Gasteiger partial charge in [-0.15, -0.1) is 0 Å². The van der Waals surface area contributed by atoms with Gasteiger partial charge in [-0.3, -0.25) is 14.4 Å². The molecule has 26 heavy (non-hydrogen) atoms. The standard InChI is InChI=1S/C19H25FN4O2/c1-4-24-14(3)19(13(2)22-24)21-18(25)12-23-9-10-26-17(11-23)15-5-7-16(20)8-6-15/h5-8,17H,4,9-12H2,1-3H3,(H,21,25). The molecule has 1 N–H and O–H groups in total. The van der Waals surface area contributed by atoms with Crippen LogP contribution < -0.4 is 5.32 Å². The molecule has 0 saturated carbocycles. The Morgan fingerprint density at radius 2 is 2.08 bits per heavy atom. The fourth-order valence-electron chi connectivity index (χ4n) is 3.29. The minimum atomic E-state index is -0.265. The van der Waals surface area contributed by atoms with Crippen molar-refractivity contribution in [2.75, 3.05) is 31.6 Å². The van der Waals surface area contributed by atoms with Gasteiger partial charge in [0.15, 0.2) is 0 Å². The third-order valence-corrected chi connectivity index (χ3v) is 4.71. The number of carbonyl (C=O) groups excluding carboxylic acids is 1. The van der Waals surface area contributed by atoms with Gasteiger partial charge < -0.3 is 10.1 Å². The quantitative estimate of drug-likeness (QED) is 0.891. The van der Waals surface area contributed by atoms with Crippen molar-refractivity contribution in [1.29, 1.82) is 0 Å². The topological polar surface area (TPSA) is 59.4 Å². The summed E-state index contributed by atoms with van der Waals surface area (Å²) >= 11 is 0. The minimum Gasteiger partial charge on any atom is -0.371 e. The lowest BCUT2D eigenvalue weighted by Crippen LogP contribution is -2.42. The van der Waals surface area contributed by atoms with E-state index in [4.69, 9.17) is 4.74 Å². The summed E-state index contributed by atoms with van der Waals surface area (Å²) in [5.74, 6) is -0.328. The number of morpholine rings is 1. The van der Waals surface area contributed by atoms with Crippen LogP contribution in [0.1, 0.15) is 30.0 Å². The first kappa shape index (κ1) is 18.5. The van der Waals surface area contributed by atoms with E-state index in [0.717, 1.165) is 29.2 Å². The molecule has 1 aliphatic rings. The van der Waals surface area contributed by atoms with Crippen LogP contribution in [0.4, 0.5) is 10.1 Å². The van der Waals surface area contributed by atoms with Crippen LogP contribution in [0.5, 0.6) is 0 Å². The van der Waals surface area contributed by atoms with Crippen LogP contribution >= 0.6 is 0 Å². The van der Waals surface area contributed by atoms with E-state index >= 15 is 0 Å². The van der Waals surface area contributed by atoms with Crippen molar-refractivity contribution >= 4 is 11.6 Å². The molecular weight excluding hydrogens is 335 g/mol. The van der Waals surface area contributed by atoms with Gasteiger partial charge in [0.2, 0.25) is 5.91 Å². The van der Waals surface area contributed by atoms with Crippen molar-refractivity contribution < 1.29 is 13.9 Å². The second-order valence-electron chi connectivity index (χ2n) is 6.56. The molecule has 3 rings (SSSR count). The highest BCUT2D eigenvalue weighted by molar-refractivity contribution is 5.93. The van der Waals surface area contributed by atoms with E-state index in [-0.39, 0.29) is 24.4 Å². The van der Waals surface area contributed by atoms with Gasteiger partial charge in [0.25, 0.3) is 0 Å². The molecule has 2 heterocycles. The molecule has 6 nitrogen and oxygen atoms in total. The first-order chi connectivity index (χ1) is 12.5. The van der Waals surface area contributed by atoms with Gasteiger partial charge in [0.05, 0.1) is 36.3 Å². The van der Waals surface area contributed by atoms with E-state index in [1.54, 1.807) is 12.1 Å². The second kappa shape index (κ2) is 7.97. The number of carbonyl (C=O) groups is 1. The van der Waals surface area contributed by atoms with Gasteiger partial charge in [0, 0.05) is 19.6 Å². The Balaban J connectivity index is 1.60. The zero-order valence-electron chi connectivity index (χ0n) is 15.5. The highest BCUT2D eigenvalue weighted by atomic mass is 19.1. The van der Waals surface area contributed by atoms with E-state index in [1.165, 1.54) is 12.1 Å². The van der Waals surface area contributed by atoms with Crippen LogP contribution in [0.3, 0.4) is 0 Å². The Morgan fingerprint density at radius 1 is 1.35 bits per heavy atom. The SMILES string of the molecule is CCn1nc(C)c(NC(=O)CN2CCOC(c3ccc(F)cc3)C2)c1C. The maximum atomic E-state index is 13.1. The highest BCUT2D eigenvalue weighted by Gasteiger charge is 2.24. The summed E-state index contributed by atoms with van der Waals surface area (Å²) in [6.07, 6.45) is -0.150. The van der Waals surface area contributed by atoms with Crippen molar-refractivity contribution in [2.45, 2.75) is 33.4 Å². The fraction of sp³-hybridized carbons (Fsp3) is 0.474. The predicted octanol–water partition coefficient (Wildman–Crippen LogP) is 2.67. The number of anilines is 1. The van der Waals surface area contributed by atoms with E-state index in [1.807, 2.05) is 25.5 Å². The highest BCUT2D eigenvalue weighted by Crippen LogP contribution is 2.23. The lowest BCUT2D eigenvalue weighted by molar-refractivity contribution is -0.119. The zero-order valence-corrected chi connectivity index (χ0v) is 15.5. The number of ether oxygens (including phenoxy) is 1. The summed E-state index contributed by atoms with van der Waals surface area (Å²) in [5, 5.41) is 7.41. The molecule has 1 amide bonds. The molecule has 0 radical (unpaired) electrons. The van der Waals surface area contributed by atoms with Crippen LogP contribution in [0.2, 0.25) is 0 Å². The number of nitrogens with zero attached hydrogens (tertiary/aromatic N) is 3. The third kappa shape index (κ3) is 4.11. The smallest absolute Gasteiger partial charge is 0.238 e. The molecule has 2 aromatic rings. The van der Waals surface area contributed by atoms with Crippen LogP contribution in [0.25, 0.3) is 0 Å². The number of nitrogens with one attached hydrogen (secondary N) is 1. The Kier molecular flexibility index (Phi) is 5.68. The lowest BCUT2D eigenvalue weighted by atomic mass is 10.1. The summed E-state index contributed by atoms with van der Waals surface area (Å²) < 4.78 is 20.8. The molecule has 1 aliphatic heterocycles. The monoisotopic (exact) mass is 360 g/mol. The van der Waals surface area contributed by atoms with Crippen molar-refractivity contribution in [2.24, 2.45) is 0 Å². The number of halogens is 1. The maximum Gasteiger partial charge on any atom is 0.238 e. The van der Waals surface area contributed by atoms with Gasteiger partial charge >= 0.3 is 0 Å². The number of hydrogen-bond acceptors (Lipinski definition) is 4. The molecule has 0 bridgehead atoms. The van der Waals surface area contributed by atoms with Crippen LogP contribution in [-0.4, -0.2) is 46.8 Å². The number of benzene rings is 1. The van der Waals surface area contributed by atoms with Crippen molar-refractivity contribution in [1.82, 2.24) is 14.7 Å². The van der Waals surface area contributed by atoms with E-state index < -0.39 is 0 Å². The minimum absolute atomic E-state index is 0.0633. The van der Waals surface area contributed by atoms with Crippen molar-refractivity contribution in [3.8, 4) is 0 Å². The van der Waals surface area contributed by atoms with Gasteiger partial charge in [-0.05, 0) is 38.5 Å². The number of hydrogen-bond donors (Lipinski definition) is 1. The maximum absolute atomic E-state index is 13.1. The molecule has 1 aromatic heterocycles. The van der Waals surface area contributed by atoms with Crippen molar-refractivity contribution in [3.05, 3.63) is 47.0 Å². The summed E-state index contributed by atoms with van der Waals surface area (Å²) in [4.78, 5) is 14.5. The predicted molar refractivity (Wildman–Crippen MR) is 97.5 cm³/mol. The van der Waals surface area contributed by atoms with Gasteiger partial charge in [-0.2, -0.15) is 5.10 Å². The third-order valence-electron chi connectivity index (χ3n) is 4.71. The average molecular weight is 360 g/mol. The zero-order chi connectivity index (χ0) is 18.7. The van der Waals surface area contributed by atoms with Gasteiger partial charge in [0.1, 0.15) is 5.82 Å². The molecular formula is C19H25FN4O2. The normalized spacial score (nSPS) is 18.1. The Hall–Kier alpha value is -2.25. The summed E-state index contributed by atoms with van der Waals surface area (Å²) in [5.41, 5.74) is 3.50. The van der Waals surface area contributed by atoms with E-state index in [2.05, 4.69) is 15.3 Å². The fourth-order valence-corrected chi connectivity index (χ4v) is 3.29. The average Bonchev–Trinajstić information content (AvgIpc) is 2.90. The van der Waals surface area contributed by atoms with Crippen LogP contribution in [0.15, 0.2) is 24.3 Å². The number of amides is 1. The lowest BCUT2D eigenvalue weighted by Gasteiger charge is -2.32. The Morgan fingerprint density at radius 3 is 2.73 bits per heavy atom. The van der Waals surface area contributed by atoms with E-state index in [0.29, 0.717) is 19.7 Å². The van der Waals surface area contributed by atoms with Gasteiger partial charge in [-0.1, -0.05) is 12.1 Å². The largest absolute Gasteiger partial charge is 0.371 e. The first-order valence-corrected chi connectivity index (χ1v) is 8.91.